The highest BCUT2D eigenvalue weighted by Gasteiger charge is 2.32. The third-order valence-corrected chi connectivity index (χ3v) is 3.99. The van der Waals surface area contributed by atoms with Crippen molar-refractivity contribution in [2.45, 2.75) is 38.1 Å². The van der Waals surface area contributed by atoms with Gasteiger partial charge in [-0.2, -0.15) is 15.0 Å². The lowest BCUT2D eigenvalue weighted by Crippen LogP contribution is -2.44. The van der Waals surface area contributed by atoms with Gasteiger partial charge in [0, 0.05) is 19.0 Å². The molecule has 3 rings (SSSR count). The Labute approximate surface area is 101 Å². The molecule has 0 N–H and O–H groups in total. The molecule has 92 valence electrons. The van der Waals surface area contributed by atoms with Crippen LogP contribution in [0.1, 0.15) is 38.1 Å². The molecule has 0 spiro atoms. The maximum Gasteiger partial charge on any atom is 0.225 e. The van der Waals surface area contributed by atoms with Crippen molar-refractivity contribution in [3.63, 3.8) is 0 Å². The molecule has 1 aliphatic carbocycles. The maximum atomic E-state index is 12.1. The number of hydrogen-bond donors (Lipinski definition) is 0. The zero-order valence-corrected chi connectivity index (χ0v) is 9.96. The minimum atomic E-state index is 0.328. The molecule has 1 aromatic rings. The molecule has 2 aliphatic rings. The van der Waals surface area contributed by atoms with Gasteiger partial charge in [0.15, 0.2) is 0 Å². The Balaban J connectivity index is 1.55. The van der Waals surface area contributed by atoms with E-state index in [0.29, 0.717) is 17.9 Å². The molecule has 1 aliphatic heterocycles. The van der Waals surface area contributed by atoms with Crippen molar-refractivity contribution in [1.82, 2.24) is 19.9 Å². The summed E-state index contributed by atoms with van der Waals surface area (Å²) in [4.78, 5) is 15.9. The first-order chi connectivity index (χ1) is 8.34. The summed E-state index contributed by atoms with van der Waals surface area (Å²) in [5.41, 5.74) is 0. The SMILES string of the molecule is O=C(C1CCC1)N1CCC(n2nccn2)CC1. The quantitative estimate of drug-likeness (QED) is 0.773. The second kappa shape index (κ2) is 4.47. The average molecular weight is 234 g/mol. The predicted molar refractivity (Wildman–Crippen MR) is 62.2 cm³/mol. The Morgan fingerprint density at radius 3 is 2.24 bits per heavy atom. The lowest BCUT2D eigenvalue weighted by molar-refractivity contribution is -0.139. The summed E-state index contributed by atoms with van der Waals surface area (Å²) in [6.45, 7) is 1.73. The highest BCUT2D eigenvalue weighted by Crippen LogP contribution is 2.30. The summed E-state index contributed by atoms with van der Waals surface area (Å²) >= 11 is 0. The Morgan fingerprint density at radius 1 is 1.06 bits per heavy atom. The van der Waals surface area contributed by atoms with E-state index in [1.54, 1.807) is 17.2 Å². The second-order valence-electron chi connectivity index (χ2n) is 5.03. The normalized spacial score (nSPS) is 22.5. The molecule has 0 unspecified atom stereocenters. The molecule has 1 saturated carbocycles. The van der Waals surface area contributed by atoms with Gasteiger partial charge in [-0.15, -0.1) is 0 Å². The van der Waals surface area contributed by atoms with E-state index in [1.807, 2.05) is 4.90 Å². The van der Waals surface area contributed by atoms with Crippen molar-refractivity contribution >= 4 is 5.91 Å². The highest BCUT2D eigenvalue weighted by molar-refractivity contribution is 5.79. The Hall–Kier alpha value is -1.39. The van der Waals surface area contributed by atoms with E-state index in [2.05, 4.69) is 10.2 Å². The largest absolute Gasteiger partial charge is 0.342 e. The van der Waals surface area contributed by atoms with Gasteiger partial charge in [-0.3, -0.25) is 4.79 Å². The highest BCUT2D eigenvalue weighted by atomic mass is 16.2. The maximum absolute atomic E-state index is 12.1. The van der Waals surface area contributed by atoms with Gasteiger partial charge in [-0.1, -0.05) is 6.42 Å². The van der Waals surface area contributed by atoms with Crippen molar-refractivity contribution in [2.24, 2.45) is 5.92 Å². The standard InChI is InChI=1S/C12H18N4O/c17-12(10-2-1-3-10)15-8-4-11(5-9-15)16-13-6-7-14-16/h6-7,10-11H,1-5,8-9H2. The van der Waals surface area contributed by atoms with Gasteiger partial charge in [-0.25, -0.2) is 0 Å². The molecule has 1 aromatic heterocycles. The van der Waals surface area contributed by atoms with Crippen molar-refractivity contribution in [2.75, 3.05) is 13.1 Å². The van der Waals surface area contributed by atoms with Crippen molar-refractivity contribution in [3.8, 4) is 0 Å². The zero-order chi connectivity index (χ0) is 11.7. The van der Waals surface area contributed by atoms with Crippen LogP contribution in [0.5, 0.6) is 0 Å². The van der Waals surface area contributed by atoms with Crippen LogP contribution in [0.4, 0.5) is 0 Å². The number of likely N-dealkylation sites (tertiary alicyclic amines) is 1. The topological polar surface area (TPSA) is 51.0 Å². The number of aromatic nitrogens is 3. The minimum absolute atomic E-state index is 0.328. The van der Waals surface area contributed by atoms with Crippen LogP contribution in [0.15, 0.2) is 12.4 Å². The molecular formula is C12H18N4O. The van der Waals surface area contributed by atoms with Gasteiger partial charge < -0.3 is 4.90 Å². The smallest absolute Gasteiger partial charge is 0.225 e. The average Bonchev–Trinajstić information content (AvgIpc) is 2.80. The van der Waals surface area contributed by atoms with Crippen molar-refractivity contribution in [3.05, 3.63) is 12.4 Å². The third-order valence-electron chi connectivity index (χ3n) is 3.99. The summed E-state index contributed by atoms with van der Waals surface area (Å²) in [7, 11) is 0. The van der Waals surface area contributed by atoms with Gasteiger partial charge in [-0.05, 0) is 25.7 Å². The van der Waals surface area contributed by atoms with Gasteiger partial charge in [0.05, 0.1) is 18.4 Å². The summed E-state index contributed by atoms with van der Waals surface area (Å²) in [6.07, 6.45) is 8.81. The number of rotatable bonds is 2. The molecule has 0 radical (unpaired) electrons. The van der Waals surface area contributed by atoms with Crippen LogP contribution in [-0.4, -0.2) is 38.9 Å². The van der Waals surface area contributed by atoms with E-state index in [0.717, 1.165) is 38.8 Å². The van der Waals surface area contributed by atoms with E-state index in [1.165, 1.54) is 6.42 Å². The first-order valence-corrected chi connectivity index (χ1v) is 6.49. The fraction of sp³-hybridized carbons (Fsp3) is 0.750. The number of hydrogen-bond acceptors (Lipinski definition) is 3. The van der Waals surface area contributed by atoms with Crippen LogP contribution in [-0.2, 0) is 4.79 Å². The van der Waals surface area contributed by atoms with Crippen LogP contribution in [0.2, 0.25) is 0 Å². The number of nitrogens with zero attached hydrogens (tertiary/aromatic N) is 4. The molecule has 0 atom stereocenters. The number of carbonyl (C=O) groups is 1. The van der Waals surface area contributed by atoms with Crippen LogP contribution >= 0.6 is 0 Å². The van der Waals surface area contributed by atoms with Gasteiger partial charge >= 0.3 is 0 Å². The van der Waals surface area contributed by atoms with Crippen LogP contribution in [0.3, 0.4) is 0 Å². The molecule has 5 heteroatoms. The molecule has 0 bridgehead atoms. The molecule has 17 heavy (non-hydrogen) atoms. The van der Waals surface area contributed by atoms with Gasteiger partial charge in [0.2, 0.25) is 5.91 Å². The number of amides is 1. The molecule has 5 nitrogen and oxygen atoms in total. The van der Waals surface area contributed by atoms with Gasteiger partial charge in [0.1, 0.15) is 0 Å². The van der Waals surface area contributed by atoms with Crippen LogP contribution in [0, 0.1) is 5.92 Å². The fourth-order valence-corrected chi connectivity index (χ4v) is 2.65. The Morgan fingerprint density at radius 2 is 1.71 bits per heavy atom. The molecular weight excluding hydrogens is 216 g/mol. The second-order valence-corrected chi connectivity index (χ2v) is 5.03. The summed E-state index contributed by atoms with van der Waals surface area (Å²) in [6, 6.07) is 0.371. The van der Waals surface area contributed by atoms with Crippen molar-refractivity contribution < 1.29 is 4.79 Å². The number of carbonyl (C=O) groups excluding carboxylic acids is 1. The molecule has 2 fully saturated rings. The van der Waals surface area contributed by atoms with Crippen LogP contribution < -0.4 is 0 Å². The Kier molecular flexibility index (Phi) is 2.82. The number of piperidine rings is 1. The van der Waals surface area contributed by atoms with E-state index in [-0.39, 0.29) is 0 Å². The molecule has 1 saturated heterocycles. The van der Waals surface area contributed by atoms with E-state index >= 15 is 0 Å². The zero-order valence-electron chi connectivity index (χ0n) is 9.96. The minimum Gasteiger partial charge on any atom is -0.342 e. The van der Waals surface area contributed by atoms with E-state index in [9.17, 15) is 4.79 Å². The summed E-state index contributed by atoms with van der Waals surface area (Å²) in [5, 5.41) is 8.35. The summed E-state index contributed by atoms with van der Waals surface area (Å²) in [5.74, 6) is 0.706. The lowest BCUT2D eigenvalue weighted by Gasteiger charge is -2.36. The van der Waals surface area contributed by atoms with E-state index in [4.69, 9.17) is 0 Å². The fourth-order valence-electron chi connectivity index (χ4n) is 2.65. The molecule has 1 amide bonds. The first kappa shape index (κ1) is 10.7. The monoisotopic (exact) mass is 234 g/mol. The van der Waals surface area contributed by atoms with Crippen LogP contribution in [0.25, 0.3) is 0 Å². The molecule has 0 aromatic carbocycles. The Bertz CT molecular complexity index is 377. The van der Waals surface area contributed by atoms with Gasteiger partial charge in [0.25, 0.3) is 0 Å². The van der Waals surface area contributed by atoms with E-state index < -0.39 is 0 Å². The van der Waals surface area contributed by atoms with Crippen molar-refractivity contribution in [1.29, 1.82) is 0 Å². The molecule has 2 heterocycles. The summed E-state index contributed by atoms with van der Waals surface area (Å²) < 4.78 is 0. The lowest BCUT2D eigenvalue weighted by atomic mass is 9.84. The third kappa shape index (κ3) is 2.06. The first-order valence-electron chi connectivity index (χ1n) is 6.49. The predicted octanol–water partition coefficient (Wildman–Crippen LogP) is 1.24.